The second-order valence-corrected chi connectivity index (χ2v) is 2.98. The number of fused-ring (bicyclic) bond motifs is 1. The molecule has 0 fully saturated rings. The van der Waals surface area contributed by atoms with Gasteiger partial charge in [0, 0.05) is 0 Å². The number of carbonyl (C=O) groups is 1. The summed E-state index contributed by atoms with van der Waals surface area (Å²) in [6, 6.07) is 5.85. The van der Waals surface area contributed by atoms with Gasteiger partial charge in [-0.25, -0.2) is 0 Å². The topological polar surface area (TPSA) is 29.1 Å². The molecule has 1 heterocycles. The van der Waals surface area contributed by atoms with Gasteiger partial charge in [0.25, 0.3) is 0 Å². The van der Waals surface area contributed by atoms with Crippen LogP contribution in [-0.2, 0) is 4.79 Å². The zero-order valence-electron chi connectivity index (χ0n) is 6.85. The van der Waals surface area contributed by atoms with Gasteiger partial charge in [0.15, 0.2) is 0 Å². The number of benzene rings is 1. The molecule has 0 unspecified atom stereocenters. The van der Waals surface area contributed by atoms with Crippen molar-refractivity contribution in [3.8, 4) is 0 Å². The number of carbonyl (C=O) groups excluding carboxylic acids is 1. The Morgan fingerprint density at radius 1 is 1.42 bits per heavy atom. The monoisotopic (exact) mass is 157 g/mol. The molecule has 0 aliphatic carbocycles. The van der Waals surface area contributed by atoms with E-state index in [1.165, 1.54) is 0 Å². The summed E-state index contributed by atoms with van der Waals surface area (Å²) in [5.74, 6) is -0.0874. The molecule has 0 aromatic heterocycles. The van der Waals surface area contributed by atoms with Crippen LogP contribution in [0.4, 0.5) is 5.69 Å². The van der Waals surface area contributed by atoms with Gasteiger partial charge in [0.2, 0.25) is 0 Å². The SMILES string of the molecule is B=C1C(=O)Nc2cc(C)ccc21. The van der Waals surface area contributed by atoms with Crippen molar-refractivity contribution >= 4 is 24.5 Å². The van der Waals surface area contributed by atoms with Crippen molar-refractivity contribution in [3.05, 3.63) is 29.3 Å². The van der Waals surface area contributed by atoms with Gasteiger partial charge in [-0.05, 0) is 0 Å². The molecule has 1 aliphatic heterocycles. The first-order valence-electron chi connectivity index (χ1n) is 3.80. The van der Waals surface area contributed by atoms with Gasteiger partial charge in [-0.1, -0.05) is 0 Å². The molecule has 1 aromatic rings. The fourth-order valence-electron chi connectivity index (χ4n) is 1.34. The minimum absolute atomic E-state index is 0.0874. The normalized spacial score (nSPS) is 14.3. The molecule has 2 nitrogen and oxygen atoms in total. The van der Waals surface area contributed by atoms with Gasteiger partial charge in [0.05, 0.1) is 0 Å². The fraction of sp³-hybridized carbons (Fsp3) is 0.111. The van der Waals surface area contributed by atoms with Gasteiger partial charge in [-0.15, -0.1) is 0 Å². The molecule has 1 aliphatic rings. The zero-order valence-corrected chi connectivity index (χ0v) is 6.85. The minimum atomic E-state index is -0.0874. The zero-order chi connectivity index (χ0) is 8.72. The third kappa shape index (κ3) is 0.898. The van der Waals surface area contributed by atoms with E-state index in [0.29, 0.717) is 5.46 Å². The molecule has 58 valence electrons. The number of hydrogen-bond donors (Lipinski definition) is 1. The van der Waals surface area contributed by atoms with E-state index >= 15 is 0 Å². The standard InChI is InChI=1S/C9H8BNO/c1-5-2-3-6-7(4-5)11-9(12)8(6)10/h2-4,10H,1H3,(H,11,12). The molecule has 1 aromatic carbocycles. The summed E-state index contributed by atoms with van der Waals surface area (Å²) >= 11 is 0. The Kier molecular flexibility index (Phi) is 1.40. The summed E-state index contributed by atoms with van der Waals surface area (Å²) in [5, 5.41) is 2.75. The van der Waals surface area contributed by atoms with Crippen LogP contribution in [0, 0.1) is 6.92 Å². The summed E-state index contributed by atoms with van der Waals surface area (Å²) in [4.78, 5) is 11.1. The van der Waals surface area contributed by atoms with Crippen LogP contribution in [0.15, 0.2) is 18.2 Å². The molecule has 2 rings (SSSR count). The first-order chi connectivity index (χ1) is 5.68. The van der Waals surface area contributed by atoms with E-state index < -0.39 is 0 Å². The summed E-state index contributed by atoms with van der Waals surface area (Å²) in [5.41, 5.74) is 3.50. The van der Waals surface area contributed by atoms with Gasteiger partial charge in [-0.2, -0.15) is 0 Å². The van der Waals surface area contributed by atoms with Crippen LogP contribution in [0.5, 0.6) is 0 Å². The molecule has 1 N–H and O–H groups in total. The molecule has 0 bridgehead atoms. The molecule has 0 atom stereocenters. The third-order valence-corrected chi connectivity index (χ3v) is 2.02. The molecule has 0 spiro atoms. The van der Waals surface area contributed by atoms with Crippen LogP contribution >= 0.6 is 0 Å². The van der Waals surface area contributed by atoms with E-state index in [1.54, 1.807) is 0 Å². The predicted octanol–water partition coefficient (Wildman–Crippen LogP) is 0.368. The number of nitrogens with one attached hydrogen (secondary N) is 1. The Bertz CT molecular complexity index is 384. The van der Waals surface area contributed by atoms with Crippen molar-refractivity contribution < 1.29 is 4.79 Å². The molecular weight excluding hydrogens is 149 g/mol. The average Bonchev–Trinajstić information content (AvgIpc) is 2.28. The Labute approximate surface area is 71.7 Å². The number of anilines is 1. The average molecular weight is 157 g/mol. The second kappa shape index (κ2) is 2.30. The van der Waals surface area contributed by atoms with E-state index in [0.717, 1.165) is 16.8 Å². The maximum atomic E-state index is 11.1. The van der Waals surface area contributed by atoms with Crippen molar-refractivity contribution in [3.63, 3.8) is 0 Å². The summed E-state index contributed by atoms with van der Waals surface area (Å²) in [6.07, 6.45) is 0. The van der Waals surface area contributed by atoms with Crippen LogP contribution in [0.25, 0.3) is 0 Å². The van der Waals surface area contributed by atoms with Gasteiger partial charge in [0.1, 0.15) is 0 Å². The molecule has 0 saturated carbocycles. The van der Waals surface area contributed by atoms with Crippen LogP contribution in [0.2, 0.25) is 0 Å². The second-order valence-electron chi connectivity index (χ2n) is 2.98. The number of aryl methyl sites for hydroxylation is 1. The third-order valence-electron chi connectivity index (χ3n) is 2.02. The summed E-state index contributed by atoms with van der Waals surface area (Å²) < 4.78 is 0. The van der Waals surface area contributed by atoms with Crippen molar-refractivity contribution in [2.75, 3.05) is 5.32 Å². The van der Waals surface area contributed by atoms with Gasteiger partial charge >= 0.3 is 70.9 Å². The molecule has 0 radical (unpaired) electrons. The Balaban J connectivity index is 2.62. The Morgan fingerprint density at radius 2 is 2.17 bits per heavy atom. The van der Waals surface area contributed by atoms with E-state index in [-0.39, 0.29) is 5.91 Å². The fourth-order valence-corrected chi connectivity index (χ4v) is 1.34. The van der Waals surface area contributed by atoms with Gasteiger partial charge < -0.3 is 0 Å². The number of hydrogen-bond acceptors (Lipinski definition) is 1. The Hall–Kier alpha value is -1.38. The molecule has 12 heavy (non-hydrogen) atoms. The Morgan fingerprint density at radius 3 is 2.92 bits per heavy atom. The van der Waals surface area contributed by atoms with Crippen LogP contribution in [0.3, 0.4) is 0 Å². The van der Waals surface area contributed by atoms with E-state index in [9.17, 15) is 4.79 Å². The first kappa shape index (κ1) is 7.28. The molecule has 0 saturated heterocycles. The van der Waals surface area contributed by atoms with Crippen molar-refractivity contribution in [2.45, 2.75) is 6.92 Å². The summed E-state index contributed by atoms with van der Waals surface area (Å²) in [7, 11) is 3.69. The quantitative estimate of drug-likeness (QED) is 0.541. The first-order valence-corrected chi connectivity index (χ1v) is 3.80. The van der Waals surface area contributed by atoms with Crippen molar-refractivity contribution in [2.24, 2.45) is 0 Å². The van der Waals surface area contributed by atoms with Crippen LogP contribution < -0.4 is 5.32 Å². The molecule has 3 heteroatoms. The molecular formula is C9H8BNO. The van der Waals surface area contributed by atoms with Crippen LogP contribution in [-0.4, -0.2) is 18.9 Å². The number of rotatable bonds is 0. The summed E-state index contributed by atoms with van der Waals surface area (Å²) in [6.45, 7) is 1.99. The predicted molar refractivity (Wildman–Crippen MR) is 51.1 cm³/mol. The maximum absolute atomic E-state index is 11.1. The van der Waals surface area contributed by atoms with Gasteiger partial charge in [-0.3, -0.25) is 0 Å². The van der Waals surface area contributed by atoms with Crippen molar-refractivity contribution in [1.29, 1.82) is 0 Å². The number of amides is 1. The van der Waals surface area contributed by atoms with E-state index in [2.05, 4.69) is 12.8 Å². The van der Waals surface area contributed by atoms with E-state index in [4.69, 9.17) is 0 Å². The van der Waals surface area contributed by atoms with Crippen LogP contribution in [0.1, 0.15) is 11.1 Å². The molecule has 1 amide bonds. The van der Waals surface area contributed by atoms with Crippen molar-refractivity contribution in [1.82, 2.24) is 0 Å². The van der Waals surface area contributed by atoms with E-state index in [1.807, 2.05) is 25.1 Å².